The van der Waals surface area contributed by atoms with E-state index in [1.807, 2.05) is 6.08 Å². The molecule has 496 valence electrons. The summed E-state index contributed by atoms with van der Waals surface area (Å²) in [6.45, 7) is 4.29. The molecule has 0 spiro atoms. The fraction of sp³-hybridized carbons (Fsp3) is 0.838. The fourth-order valence-corrected chi connectivity index (χ4v) is 11.1. The van der Waals surface area contributed by atoms with Gasteiger partial charge in [-0.25, -0.2) is 0 Å². The van der Waals surface area contributed by atoms with E-state index in [1.165, 1.54) is 244 Å². The van der Waals surface area contributed by atoms with Gasteiger partial charge in [-0.05, 0) is 103 Å². The number of ether oxygens (including phenoxy) is 3. The van der Waals surface area contributed by atoms with Crippen LogP contribution in [0.4, 0.5) is 0 Å². The van der Waals surface area contributed by atoms with Crippen LogP contribution in [0, 0.1) is 0 Å². The van der Waals surface area contributed by atoms with Gasteiger partial charge < -0.3 is 45.1 Å². The second kappa shape index (κ2) is 62.9. The molecule has 85 heavy (non-hydrogen) atoms. The summed E-state index contributed by atoms with van der Waals surface area (Å²) in [5.41, 5.74) is 0. The number of rotatable bonds is 63. The summed E-state index contributed by atoms with van der Waals surface area (Å²) < 4.78 is 16.7. The van der Waals surface area contributed by atoms with Crippen LogP contribution in [0.25, 0.3) is 0 Å². The van der Waals surface area contributed by atoms with Crippen molar-refractivity contribution >= 4 is 11.9 Å². The molecule has 1 aliphatic rings. The lowest BCUT2D eigenvalue weighted by Crippen LogP contribution is -2.60. The van der Waals surface area contributed by atoms with Gasteiger partial charge in [0.2, 0.25) is 5.91 Å². The van der Waals surface area contributed by atoms with Gasteiger partial charge in [0.05, 0.1) is 32.0 Å². The van der Waals surface area contributed by atoms with E-state index >= 15 is 0 Å². The van der Waals surface area contributed by atoms with Gasteiger partial charge in [-0.2, -0.15) is 0 Å². The summed E-state index contributed by atoms with van der Waals surface area (Å²) in [4.78, 5) is 25.1. The van der Waals surface area contributed by atoms with E-state index in [4.69, 9.17) is 14.2 Å². The summed E-state index contributed by atoms with van der Waals surface area (Å²) in [5.74, 6) is -0.191. The summed E-state index contributed by atoms with van der Waals surface area (Å²) in [6.07, 6.45) is 73.8. The van der Waals surface area contributed by atoms with Crippen molar-refractivity contribution in [2.24, 2.45) is 0 Å². The van der Waals surface area contributed by atoms with Gasteiger partial charge in [0.15, 0.2) is 6.29 Å². The minimum atomic E-state index is -1.58. The van der Waals surface area contributed by atoms with Crippen molar-refractivity contribution in [2.75, 3.05) is 19.8 Å². The molecule has 6 N–H and O–H groups in total. The number of aliphatic hydroxyl groups excluding tert-OH is 5. The largest absolute Gasteiger partial charge is 0.466 e. The van der Waals surface area contributed by atoms with Crippen molar-refractivity contribution < 1.29 is 49.3 Å². The Morgan fingerprint density at radius 1 is 0.435 bits per heavy atom. The Bertz CT molecular complexity index is 1600. The predicted octanol–water partition coefficient (Wildman–Crippen LogP) is 18.5. The van der Waals surface area contributed by atoms with Gasteiger partial charge in [-0.15, -0.1) is 0 Å². The molecule has 1 fully saturated rings. The molecular weight excluding hydrogens is 1060 g/mol. The van der Waals surface area contributed by atoms with E-state index in [0.29, 0.717) is 19.4 Å². The highest BCUT2D eigenvalue weighted by atomic mass is 16.7. The van der Waals surface area contributed by atoms with E-state index in [1.54, 1.807) is 6.08 Å². The van der Waals surface area contributed by atoms with Gasteiger partial charge in [0.1, 0.15) is 24.4 Å². The van der Waals surface area contributed by atoms with E-state index in [0.717, 1.165) is 64.2 Å². The maximum atomic E-state index is 13.0. The molecule has 1 saturated heterocycles. The number of amides is 1. The Morgan fingerprint density at radius 3 is 1.26 bits per heavy atom. The number of unbranched alkanes of at least 4 members (excludes halogenated alkanes) is 41. The second-order valence-corrected chi connectivity index (χ2v) is 24.9. The van der Waals surface area contributed by atoms with Crippen molar-refractivity contribution in [3.8, 4) is 0 Å². The first kappa shape index (κ1) is 80.4. The Hall–Kier alpha value is -2.64. The molecule has 1 rings (SSSR count). The Kier molecular flexibility index (Phi) is 59.5. The van der Waals surface area contributed by atoms with Crippen LogP contribution in [0.2, 0.25) is 0 Å². The zero-order chi connectivity index (χ0) is 61.6. The lowest BCUT2D eigenvalue weighted by Gasteiger charge is -2.40. The molecule has 1 heterocycles. The molecule has 0 aromatic heterocycles. The Morgan fingerprint density at radius 2 is 0.800 bits per heavy atom. The van der Waals surface area contributed by atoms with Crippen molar-refractivity contribution in [2.45, 2.75) is 378 Å². The summed E-state index contributed by atoms with van der Waals surface area (Å²) in [7, 11) is 0. The zero-order valence-corrected chi connectivity index (χ0v) is 55.1. The minimum absolute atomic E-state index is 0.000509. The smallest absolute Gasteiger partial charge is 0.305 e. The average Bonchev–Trinajstić information content (AvgIpc) is 3.33. The first-order chi connectivity index (χ1) is 41.7. The molecule has 7 unspecified atom stereocenters. The number of hydrogen-bond donors (Lipinski definition) is 6. The third-order valence-corrected chi connectivity index (χ3v) is 16.8. The van der Waals surface area contributed by atoms with Crippen LogP contribution in [0.3, 0.4) is 0 Å². The molecule has 11 heteroatoms. The average molecular weight is 1200 g/mol. The second-order valence-electron chi connectivity index (χ2n) is 24.9. The zero-order valence-electron chi connectivity index (χ0n) is 55.1. The normalized spacial score (nSPS) is 18.3. The van der Waals surface area contributed by atoms with Gasteiger partial charge in [0, 0.05) is 12.8 Å². The summed E-state index contributed by atoms with van der Waals surface area (Å²) >= 11 is 0. The summed E-state index contributed by atoms with van der Waals surface area (Å²) in [6, 6.07) is -0.825. The first-order valence-electron chi connectivity index (χ1n) is 36.1. The van der Waals surface area contributed by atoms with Gasteiger partial charge >= 0.3 is 5.97 Å². The molecule has 1 aliphatic heterocycles. The standard InChI is InChI=1S/C74H135NO10/c1-3-5-7-9-11-13-15-42-46-50-54-58-62-70(79)83-63-59-55-51-47-43-40-38-36-34-32-30-28-26-24-22-20-18-16-17-19-21-23-25-27-29-31-33-35-37-39-41-45-49-53-57-61-69(78)75-66(65-84-74-73(82)72(81)71(80)68(64-76)85-74)67(77)60-56-52-48-44-14-12-10-8-6-4-2/h11,13-14,18,20,24,26,44,56,60,66-68,71-74,76-77,80-82H,3-10,12,15-17,19,21-23,25,27-43,45-55,57-59,61-65H2,1-2H3,(H,75,78)/b13-11-,20-18-,26-24-,44-14+,60-56+. The van der Waals surface area contributed by atoms with Crippen molar-refractivity contribution in [3.05, 3.63) is 60.8 Å². The highest BCUT2D eigenvalue weighted by Gasteiger charge is 2.44. The number of allylic oxidation sites excluding steroid dienone is 9. The van der Waals surface area contributed by atoms with Crippen LogP contribution in [0.15, 0.2) is 60.8 Å². The SMILES string of the molecule is CCCCC/C=C\CCCCCCCC(=O)OCCCCCCCCCCCCC/C=C\C/C=C\CCCCCCCCCCCCCCCCCCCC(=O)NC(COC1OC(CO)C(O)C(O)C1O)C(O)/C=C/CC/C=C/CCCCCC. The highest BCUT2D eigenvalue weighted by Crippen LogP contribution is 2.23. The molecule has 0 bridgehead atoms. The van der Waals surface area contributed by atoms with Gasteiger partial charge in [0.25, 0.3) is 0 Å². The maximum Gasteiger partial charge on any atom is 0.305 e. The molecule has 1 amide bonds. The molecule has 7 atom stereocenters. The van der Waals surface area contributed by atoms with Gasteiger partial charge in [-0.1, -0.05) is 280 Å². The molecule has 0 aromatic carbocycles. The van der Waals surface area contributed by atoms with Gasteiger partial charge in [-0.3, -0.25) is 9.59 Å². The quantitative estimate of drug-likeness (QED) is 0.0195. The predicted molar refractivity (Wildman–Crippen MR) is 357 cm³/mol. The lowest BCUT2D eigenvalue weighted by atomic mass is 9.99. The maximum absolute atomic E-state index is 13.0. The van der Waals surface area contributed by atoms with Crippen LogP contribution in [0.5, 0.6) is 0 Å². The fourth-order valence-electron chi connectivity index (χ4n) is 11.1. The van der Waals surface area contributed by atoms with E-state index in [9.17, 15) is 35.1 Å². The number of esters is 1. The summed E-state index contributed by atoms with van der Waals surface area (Å²) in [5, 5.41) is 54.3. The number of nitrogens with one attached hydrogen (secondary N) is 1. The highest BCUT2D eigenvalue weighted by molar-refractivity contribution is 5.76. The lowest BCUT2D eigenvalue weighted by molar-refractivity contribution is -0.302. The number of aliphatic hydroxyl groups is 5. The third-order valence-electron chi connectivity index (χ3n) is 16.8. The first-order valence-corrected chi connectivity index (χ1v) is 36.1. The van der Waals surface area contributed by atoms with E-state index in [2.05, 4.69) is 67.8 Å². The van der Waals surface area contributed by atoms with Crippen LogP contribution in [-0.4, -0.2) is 100 Å². The van der Waals surface area contributed by atoms with E-state index < -0.39 is 49.5 Å². The molecule has 0 radical (unpaired) electrons. The number of hydrogen-bond acceptors (Lipinski definition) is 10. The number of carbonyl (C=O) groups is 2. The van der Waals surface area contributed by atoms with Crippen molar-refractivity contribution in [1.82, 2.24) is 5.32 Å². The van der Waals surface area contributed by atoms with Crippen LogP contribution >= 0.6 is 0 Å². The Labute approximate surface area is 522 Å². The third kappa shape index (κ3) is 51.9. The molecule has 0 aromatic rings. The number of carbonyl (C=O) groups excluding carboxylic acids is 2. The minimum Gasteiger partial charge on any atom is -0.466 e. The van der Waals surface area contributed by atoms with E-state index in [-0.39, 0.29) is 18.5 Å². The van der Waals surface area contributed by atoms with Crippen molar-refractivity contribution in [1.29, 1.82) is 0 Å². The molecule has 0 saturated carbocycles. The molecule has 0 aliphatic carbocycles. The monoisotopic (exact) mass is 1200 g/mol. The van der Waals surface area contributed by atoms with Crippen molar-refractivity contribution in [3.63, 3.8) is 0 Å². The van der Waals surface area contributed by atoms with Crippen LogP contribution < -0.4 is 5.32 Å². The topological polar surface area (TPSA) is 175 Å². The Balaban J connectivity index is 1.92. The molecule has 11 nitrogen and oxygen atoms in total. The molecular formula is C74H135NO10. The van der Waals surface area contributed by atoms with Crippen LogP contribution in [-0.2, 0) is 23.8 Å². The van der Waals surface area contributed by atoms with Crippen LogP contribution in [0.1, 0.15) is 335 Å².